The Morgan fingerprint density at radius 3 is 2.52 bits per heavy atom. The monoisotopic (exact) mass is 383 g/mol. The van der Waals surface area contributed by atoms with E-state index in [0.717, 1.165) is 55.0 Å². The van der Waals surface area contributed by atoms with E-state index in [-0.39, 0.29) is 0 Å². The fraction of sp³-hybridized carbons (Fsp3) is 0.381. The van der Waals surface area contributed by atoms with Gasteiger partial charge in [0, 0.05) is 38.4 Å². The molecule has 0 aromatic heterocycles. The molecule has 0 bridgehead atoms. The summed E-state index contributed by atoms with van der Waals surface area (Å²) in [6.07, 6.45) is 0. The number of benzene rings is 2. The molecular formula is C21H25N3O2S. The van der Waals surface area contributed by atoms with Gasteiger partial charge in [-0.3, -0.25) is 4.90 Å². The molecule has 0 radical (unpaired) electrons. The first-order chi connectivity index (χ1) is 13.1. The molecule has 0 amide bonds. The number of piperazine rings is 1. The molecule has 142 valence electrons. The molecule has 0 atom stereocenters. The maximum absolute atomic E-state index is 5.62. The van der Waals surface area contributed by atoms with Crippen molar-refractivity contribution in [2.75, 3.05) is 38.3 Å². The number of ether oxygens (including phenoxy) is 2. The minimum atomic E-state index is 0.322. The van der Waals surface area contributed by atoms with Crippen LogP contribution in [0.4, 0.5) is 5.69 Å². The number of nitrogens with one attached hydrogen (secondary N) is 1. The number of anilines is 1. The quantitative estimate of drug-likeness (QED) is 0.817. The second kappa shape index (κ2) is 7.74. The van der Waals surface area contributed by atoms with Crippen molar-refractivity contribution in [2.45, 2.75) is 20.4 Å². The number of hydrogen-bond donors (Lipinski definition) is 1. The molecule has 0 unspecified atom stereocenters. The van der Waals surface area contributed by atoms with Crippen LogP contribution in [0.25, 0.3) is 0 Å². The van der Waals surface area contributed by atoms with Crippen LogP contribution in [0.15, 0.2) is 36.4 Å². The van der Waals surface area contributed by atoms with Crippen molar-refractivity contribution in [3.8, 4) is 11.5 Å². The van der Waals surface area contributed by atoms with Crippen molar-refractivity contribution in [2.24, 2.45) is 0 Å². The van der Waals surface area contributed by atoms with Gasteiger partial charge in [0.2, 0.25) is 6.79 Å². The third-order valence-electron chi connectivity index (χ3n) is 5.26. The molecule has 27 heavy (non-hydrogen) atoms. The summed E-state index contributed by atoms with van der Waals surface area (Å²) in [4.78, 5) is 4.70. The first-order valence-electron chi connectivity index (χ1n) is 9.32. The van der Waals surface area contributed by atoms with E-state index < -0.39 is 0 Å². The van der Waals surface area contributed by atoms with E-state index >= 15 is 0 Å². The summed E-state index contributed by atoms with van der Waals surface area (Å²) in [6, 6.07) is 12.6. The lowest BCUT2D eigenvalue weighted by Gasteiger charge is -2.36. The molecule has 0 aliphatic carbocycles. The molecule has 5 nitrogen and oxygen atoms in total. The molecular weight excluding hydrogens is 358 g/mol. The van der Waals surface area contributed by atoms with E-state index in [2.05, 4.69) is 59.3 Å². The van der Waals surface area contributed by atoms with Crippen molar-refractivity contribution in [1.82, 2.24) is 9.80 Å². The minimum absolute atomic E-state index is 0.322. The zero-order valence-corrected chi connectivity index (χ0v) is 16.6. The minimum Gasteiger partial charge on any atom is -0.454 e. The molecule has 0 saturated carbocycles. The highest BCUT2D eigenvalue weighted by Gasteiger charge is 2.20. The Morgan fingerprint density at radius 1 is 0.963 bits per heavy atom. The maximum atomic E-state index is 5.62. The average Bonchev–Trinajstić information content (AvgIpc) is 3.13. The lowest BCUT2D eigenvalue weighted by atomic mass is 10.1. The van der Waals surface area contributed by atoms with E-state index in [1.165, 1.54) is 16.7 Å². The van der Waals surface area contributed by atoms with Crippen LogP contribution in [-0.4, -0.2) is 47.9 Å². The molecule has 2 aliphatic rings. The van der Waals surface area contributed by atoms with Crippen molar-refractivity contribution in [3.05, 3.63) is 53.1 Å². The Kier molecular flexibility index (Phi) is 5.18. The molecule has 6 heteroatoms. The molecule has 1 N–H and O–H groups in total. The Labute approximate surface area is 165 Å². The molecule has 2 aliphatic heterocycles. The van der Waals surface area contributed by atoms with E-state index in [1.54, 1.807) is 0 Å². The highest BCUT2D eigenvalue weighted by molar-refractivity contribution is 7.80. The zero-order chi connectivity index (χ0) is 18.8. The second-order valence-corrected chi connectivity index (χ2v) is 7.57. The number of hydrogen-bond acceptors (Lipinski definition) is 4. The molecule has 2 heterocycles. The van der Waals surface area contributed by atoms with E-state index in [0.29, 0.717) is 6.79 Å². The van der Waals surface area contributed by atoms with Gasteiger partial charge in [-0.15, -0.1) is 0 Å². The van der Waals surface area contributed by atoms with E-state index in [9.17, 15) is 0 Å². The van der Waals surface area contributed by atoms with Gasteiger partial charge in [0.05, 0.1) is 0 Å². The third-order valence-corrected chi connectivity index (χ3v) is 5.62. The third kappa shape index (κ3) is 4.17. The standard InChI is InChI=1S/C21H25N3O2S/c1-15-3-5-18(11-16(15)2)22-21(27)24-9-7-23(8-10-24)13-17-4-6-19-20(12-17)26-14-25-19/h3-6,11-12H,7-10,13-14H2,1-2H3,(H,22,27). The van der Waals surface area contributed by atoms with E-state index in [4.69, 9.17) is 21.7 Å². The smallest absolute Gasteiger partial charge is 0.231 e. The van der Waals surface area contributed by atoms with Crippen LogP contribution in [-0.2, 0) is 6.54 Å². The molecule has 2 aromatic carbocycles. The summed E-state index contributed by atoms with van der Waals surface area (Å²) in [5.74, 6) is 1.69. The van der Waals surface area contributed by atoms with Crippen molar-refractivity contribution in [3.63, 3.8) is 0 Å². The number of thiocarbonyl (C=S) groups is 1. The van der Waals surface area contributed by atoms with Gasteiger partial charge in [-0.25, -0.2) is 0 Å². The first-order valence-corrected chi connectivity index (χ1v) is 9.73. The Hall–Kier alpha value is -2.31. The van der Waals surface area contributed by atoms with E-state index in [1.807, 2.05) is 6.07 Å². The summed E-state index contributed by atoms with van der Waals surface area (Å²) in [6.45, 7) is 9.33. The number of fused-ring (bicyclic) bond motifs is 1. The van der Waals surface area contributed by atoms with Gasteiger partial charge in [0.1, 0.15) is 0 Å². The largest absolute Gasteiger partial charge is 0.454 e. The summed E-state index contributed by atoms with van der Waals surface area (Å²) in [5.41, 5.74) is 4.88. The van der Waals surface area contributed by atoms with Crippen molar-refractivity contribution < 1.29 is 9.47 Å². The lowest BCUT2D eigenvalue weighted by Crippen LogP contribution is -2.49. The Bertz CT molecular complexity index is 847. The van der Waals surface area contributed by atoms with Crippen molar-refractivity contribution in [1.29, 1.82) is 0 Å². The molecule has 0 spiro atoms. The predicted octanol–water partition coefficient (Wildman–Crippen LogP) is 3.55. The molecule has 4 rings (SSSR count). The molecule has 2 aromatic rings. The van der Waals surface area contributed by atoms with Crippen LogP contribution in [0, 0.1) is 13.8 Å². The number of nitrogens with zero attached hydrogens (tertiary/aromatic N) is 2. The van der Waals surface area contributed by atoms with Crippen LogP contribution in [0.3, 0.4) is 0 Å². The van der Waals surface area contributed by atoms with Gasteiger partial charge in [0.25, 0.3) is 0 Å². The molecule has 1 fully saturated rings. The Morgan fingerprint density at radius 2 is 1.74 bits per heavy atom. The van der Waals surface area contributed by atoms with Crippen LogP contribution >= 0.6 is 12.2 Å². The number of rotatable bonds is 3. The predicted molar refractivity (Wildman–Crippen MR) is 112 cm³/mol. The van der Waals surface area contributed by atoms with Gasteiger partial charge in [-0.05, 0) is 67.0 Å². The fourth-order valence-corrected chi connectivity index (χ4v) is 3.73. The normalized spacial score (nSPS) is 16.4. The van der Waals surface area contributed by atoms with Gasteiger partial charge in [0.15, 0.2) is 16.6 Å². The summed E-state index contributed by atoms with van der Waals surface area (Å²) in [5, 5.41) is 4.19. The summed E-state index contributed by atoms with van der Waals surface area (Å²) in [7, 11) is 0. The summed E-state index contributed by atoms with van der Waals surface area (Å²) < 4.78 is 10.9. The highest BCUT2D eigenvalue weighted by atomic mass is 32.1. The summed E-state index contributed by atoms with van der Waals surface area (Å²) >= 11 is 5.62. The van der Waals surface area contributed by atoms with Gasteiger partial charge in [-0.1, -0.05) is 12.1 Å². The topological polar surface area (TPSA) is 37.0 Å². The number of aryl methyl sites for hydroxylation is 2. The Balaban J connectivity index is 1.29. The SMILES string of the molecule is Cc1ccc(NC(=S)N2CCN(Cc3ccc4c(c3)OCO4)CC2)cc1C. The average molecular weight is 384 g/mol. The lowest BCUT2D eigenvalue weighted by molar-refractivity contribution is 0.173. The van der Waals surface area contributed by atoms with Crippen molar-refractivity contribution >= 4 is 23.0 Å². The van der Waals surface area contributed by atoms with Gasteiger partial charge < -0.3 is 19.7 Å². The zero-order valence-electron chi connectivity index (χ0n) is 15.8. The maximum Gasteiger partial charge on any atom is 0.231 e. The fourth-order valence-electron chi connectivity index (χ4n) is 3.43. The van der Waals surface area contributed by atoms with Gasteiger partial charge in [-0.2, -0.15) is 0 Å². The van der Waals surface area contributed by atoms with Crippen LogP contribution in [0.5, 0.6) is 11.5 Å². The second-order valence-electron chi connectivity index (χ2n) is 7.18. The molecule has 1 saturated heterocycles. The highest BCUT2D eigenvalue weighted by Crippen LogP contribution is 2.32. The van der Waals surface area contributed by atoms with Crippen LogP contribution in [0.1, 0.15) is 16.7 Å². The van der Waals surface area contributed by atoms with Crippen LogP contribution < -0.4 is 14.8 Å². The first kappa shape index (κ1) is 18.1. The van der Waals surface area contributed by atoms with Crippen LogP contribution in [0.2, 0.25) is 0 Å². The van der Waals surface area contributed by atoms with Gasteiger partial charge >= 0.3 is 0 Å².